The molecule has 16 heavy (non-hydrogen) atoms. The zero-order valence-corrected chi connectivity index (χ0v) is 10.1. The lowest BCUT2D eigenvalue weighted by atomic mass is 10.5. The third-order valence-electron chi connectivity index (χ3n) is 1.70. The van der Waals surface area contributed by atoms with Crippen molar-refractivity contribution < 1.29 is 8.42 Å². The molecule has 0 bridgehead atoms. The average molecular weight is 266 g/mol. The van der Waals surface area contributed by atoms with Crippen LogP contribution in [0.4, 0.5) is 11.8 Å². The highest BCUT2D eigenvalue weighted by atomic mass is 35.5. The van der Waals surface area contributed by atoms with Gasteiger partial charge >= 0.3 is 0 Å². The second-order valence-corrected chi connectivity index (χ2v) is 5.32. The highest BCUT2D eigenvalue weighted by Crippen LogP contribution is 2.11. The molecule has 4 N–H and O–H groups in total. The molecular weight excluding hydrogens is 254 g/mol. The number of nitrogens with one attached hydrogen (secondary N) is 2. The van der Waals surface area contributed by atoms with Gasteiger partial charge < -0.3 is 11.1 Å². The quantitative estimate of drug-likeness (QED) is 0.629. The Labute approximate surface area is 98.5 Å². The lowest BCUT2D eigenvalue weighted by molar-refractivity contribution is 0.588. The minimum Gasteiger partial charge on any atom is -0.369 e. The van der Waals surface area contributed by atoms with Gasteiger partial charge in [0.2, 0.25) is 16.0 Å². The first-order valence-corrected chi connectivity index (χ1v) is 6.41. The lowest BCUT2D eigenvalue weighted by Gasteiger charge is -2.06. The second-order valence-electron chi connectivity index (χ2n) is 2.88. The van der Waals surface area contributed by atoms with E-state index in [0.29, 0.717) is 5.82 Å². The van der Waals surface area contributed by atoms with Crippen LogP contribution in [0.15, 0.2) is 6.07 Å². The summed E-state index contributed by atoms with van der Waals surface area (Å²) in [5.74, 6) is 0.362. The Balaban J connectivity index is 2.55. The first-order valence-electron chi connectivity index (χ1n) is 4.38. The minimum atomic E-state index is -3.23. The van der Waals surface area contributed by atoms with E-state index in [1.165, 1.54) is 13.1 Å². The topological polar surface area (TPSA) is 110 Å². The van der Waals surface area contributed by atoms with Crippen LogP contribution in [0.2, 0.25) is 5.15 Å². The third-order valence-corrected chi connectivity index (χ3v) is 3.26. The van der Waals surface area contributed by atoms with Crippen molar-refractivity contribution in [2.75, 3.05) is 30.4 Å². The molecule has 1 aromatic rings. The number of anilines is 2. The van der Waals surface area contributed by atoms with Crippen molar-refractivity contribution in [3.05, 3.63) is 11.2 Å². The summed E-state index contributed by atoms with van der Waals surface area (Å²) < 4.78 is 24.4. The van der Waals surface area contributed by atoms with Gasteiger partial charge in [0.1, 0.15) is 11.0 Å². The van der Waals surface area contributed by atoms with Crippen LogP contribution in [0.25, 0.3) is 0 Å². The van der Waals surface area contributed by atoms with Crippen LogP contribution in [0.3, 0.4) is 0 Å². The molecule has 0 radical (unpaired) electrons. The Kier molecular flexibility index (Phi) is 4.27. The predicted molar refractivity (Wildman–Crippen MR) is 62.8 cm³/mol. The smallest absolute Gasteiger partial charge is 0.223 e. The zero-order valence-electron chi connectivity index (χ0n) is 8.57. The van der Waals surface area contributed by atoms with Gasteiger partial charge in [0, 0.05) is 12.6 Å². The predicted octanol–water partition coefficient (Wildman–Crippen LogP) is -0.327. The molecule has 1 heterocycles. The molecule has 1 aromatic heterocycles. The molecular formula is C7H12ClN5O2S. The highest BCUT2D eigenvalue weighted by Gasteiger charge is 2.06. The van der Waals surface area contributed by atoms with Crippen molar-refractivity contribution in [1.82, 2.24) is 14.7 Å². The summed E-state index contributed by atoms with van der Waals surface area (Å²) in [6, 6.07) is 1.46. The van der Waals surface area contributed by atoms with Gasteiger partial charge in [0.25, 0.3) is 0 Å². The molecule has 0 spiro atoms. The van der Waals surface area contributed by atoms with E-state index in [9.17, 15) is 8.42 Å². The summed E-state index contributed by atoms with van der Waals surface area (Å²) in [5, 5.41) is 2.98. The summed E-state index contributed by atoms with van der Waals surface area (Å²) in [5.41, 5.74) is 5.37. The maximum absolute atomic E-state index is 11.1. The van der Waals surface area contributed by atoms with Gasteiger partial charge in [-0.2, -0.15) is 4.98 Å². The number of hydrogen-bond donors (Lipinski definition) is 3. The molecule has 7 nitrogen and oxygen atoms in total. The Bertz CT molecular complexity index is 444. The van der Waals surface area contributed by atoms with E-state index in [1.54, 1.807) is 0 Å². The van der Waals surface area contributed by atoms with Crippen LogP contribution in [0.5, 0.6) is 0 Å². The normalized spacial score (nSPS) is 11.4. The number of nitrogens with two attached hydrogens (primary N) is 1. The van der Waals surface area contributed by atoms with Crippen LogP contribution in [-0.4, -0.2) is 37.7 Å². The van der Waals surface area contributed by atoms with Crippen molar-refractivity contribution >= 4 is 33.4 Å². The Morgan fingerprint density at radius 1 is 1.50 bits per heavy atom. The van der Waals surface area contributed by atoms with E-state index >= 15 is 0 Å². The molecule has 0 aliphatic carbocycles. The average Bonchev–Trinajstić information content (AvgIpc) is 2.16. The van der Waals surface area contributed by atoms with Gasteiger partial charge in [-0.05, 0) is 7.05 Å². The van der Waals surface area contributed by atoms with Crippen LogP contribution in [0, 0.1) is 0 Å². The number of aromatic nitrogens is 2. The summed E-state index contributed by atoms with van der Waals surface area (Å²) in [6.07, 6.45) is 0. The largest absolute Gasteiger partial charge is 0.369 e. The number of nitrogens with zero attached hydrogens (tertiary/aromatic N) is 2. The molecule has 9 heteroatoms. The van der Waals surface area contributed by atoms with Gasteiger partial charge in [0.15, 0.2) is 0 Å². The monoisotopic (exact) mass is 265 g/mol. The van der Waals surface area contributed by atoms with E-state index in [4.69, 9.17) is 17.3 Å². The van der Waals surface area contributed by atoms with Gasteiger partial charge in [-0.1, -0.05) is 11.6 Å². The number of nitrogen functional groups attached to an aromatic ring is 1. The van der Waals surface area contributed by atoms with E-state index in [0.717, 1.165) is 0 Å². The Morgan fingerprint density at radius 3 is 2.75 bits per heavy atom. The van der Waals surface area contributed by atoms with Crippen LogP contribution in [0.1, 0.15) is 0 Å². The van der Waals surface area contributed by atoms with Crippen molar-refractivity contribution in [1.29, 1.82) is 0 Å². The molecule has 0 fully saturated rings. The Morgan fingerprint density at radius 2 is 2.19 bits per heavy atom. The van der Waals surface area contributed by atoms with Crippen molar-refractivity contribution in [3.63, 3.8) is 0 Å². The third kappa shape index (κ3) is 4.17. The summed E-state index contributed by atoms with van der Waals surface area (Å²) >= 11 is 5.64. The van der Waals surface area contributed by atoms with E-state index in [1.807, 2.05) is 0 Å². The maximum Gasteiger partial charge on any atom is 0.223 e. The van der Waals surface area contributed by atoms with Crippen molar-refractivity contribution in [3.8, 4) is 0 Å². The first kappa shape index (κ1) is 12.9. The number of sulfonamides is 1. The fourth-order valence-electron chi connectivity index (χ4n) is 0.941. The van der Waals surface area contributed by atoms with Crippen molar-refractivity contribution in [2.24, 2.45) is 0 Å². The summed E-state index contributed by atoms with van der Waals surface area (Å²) in [4.78, 5) is 7.50. The van der Waals surface area contributed by atoms with Crippen molar-refractivity contribution in [2.45, 2.75) is 0 Å². The van der Waals surface area contributed by atoms with E-state index in [2.05, 4.69) is 20.0 Å². The van der Waals surface area contributed by atoms with Crippen LogP contribution in [-0.2, 0) is 10.0 Å². The van der Waals surface area contributed by atoms with E-state index < -0.39 is 10.0 Å². The molecule has 0 atom stereocenters. The highest BCUT2D eigenvalue weighted by molar-refractivity contribution is 7.89. The molecule has 0 amide bonds. The minimum absolute atomic E-state index is 0.0338. The molecule has 0 aliphatic heterocycles. The molecule has 0 saturated heterocycles. The maximum atomic E-state index is 11.1. The molecule has 0 unspecified atom stereocenters. The van der Waals surface area contributed by atoms with Gasteiger partial charge in [0.05, 0.1) is 5.75 Å². The lowest BCUT2D eigenvalue weighted by Crippen LogP contribution is -2.26. The van der Waals surface area contributed by atoms with Crippen LogP contribution >= 0.6 is 11.6 Å². The SMILES string of the molecule is CNS(=O)(=O)CCNc1cc(Cl)nc(N)n1. The molecule has 90 valence electrons. The van der Waals surface area contributed by atoms with Gasteiger partial charge in [-0.15, -0.1) is 0 Å². The van der Waals surface area contributed by atoms with Crippen LogP contribution < -0.4 is 15.8 Å². The summed E-state index contributed by atoms with van der Waals surface area (Å²) in [6.45, 7) is 0.204. The fourth-order valence-corrected chi connectivity index (χ4v) is 1.71. The molecule has 0 saturated carbocycles. The zero-order chi connectivity index (χ0) is 12.2. The molecule has 1 rings (SSSR count). The standard InChI is InChI=1S/C7H12ClN5O2S/c1-10-16(14,15)3-2-11-6-4-5(8)12-7(9)13-6/h4,10H,2-3H2,1H3,(H3,9,11,12,13). The fraction of sp³-hybridized carbons (Fsp3) is 0.429. The number of hydrogen-bond acceptors (Lipinski definition) is 6. The molecule has 0 aliphatic rings. The first-order chi connectivity index (χ1) is 7.43. The van der Waals surface area contributed by atoms with Gasteiger partial charge in [-0.3, -0.25) is 0 Å². The second kappa shape index (κ2) is 5.28. The Hall–Kier alpha value is -1.12. The molecule has 0 aromatic carbocycles. The van der Waals surface area contributed by atoms with E-state index in [-0.39, 0.29) is 23.4 Å². The van der Waals surface area contributed by atoms with Gasteiger partial charge in [-0.25, -0.2) is 18.1 Å². The summed E-state index contributed by atoms with van der Waals surface area (Å²) in [7, 11) is -1.87. The number of halogens is 1. The number of rotatable bonds is 5.